The number of benzene rings is 1. The minimum absolute atomic E-state index is 0.198. The first-order valence-corrected chi connectivity index (χ1v) is 9.89. The van der Waals surface area contributed by atoms with Crippen molar-refractivity contribution < 1.29 is 4.79 Å². The van der Waals surface area contributed by atoms with Crippen molar-refractivity contribution in [2.45, 2.75) is 24.7 Å². The molecule has 0 spiro atoms. The highest BCUT2D eigenvalue weighted by atomic mass is 32.2. The van der Waals surface area contributed by atoms with Gasteiger partial charge in [-0.25, -0.2) is 0 Å². The van der Waals surface area contributed by atoms with Gasteiger partial charge < -0.3 is 4.90 Å². The molecule has 128 valence electrons. The molecule has 1 fully saturated rings. The van der Waals surface area contributed by atoms with Crippen LogP contribution in [0.25, 0.3) is 0 Å². The topological polar surface area (TPSA) is 49.3 Å². The van der Waals surface area contributed by atoms with E-state index in [0.29, 0.717) is 5.75 Å². The zero-order chi connectivity index (χ0) is 16.9. The number of aromatic nitrogens is 2. The summed E-state index contributed by atoms with van der Waals surface area (Å²) in [5, 5.41) is 8.97. The van der Waals surface area contributed by atoms with Gasteiger partial charge in [0.2, 0.25) is 5.91 Å². The maximum absolute atomic E-state index is 12.3. The first kappa shape index (κ1) is 17.4. The maximum Gasteiger partial charge on any atom is 0.233 e. The normalized spacial score (nSPS) is 15.7. The third kappa shape index (κ3) is 4.55. The Morgan fingerprint density at radius 1 is 1.17 bits per heavy atom. The molecule has 1 saturated heterocycles. The summed E-state index contributed by atoms with van der Waals surface area (Å²) in [6.45, 7) is 8.53. The number of carbonyl (C=O) groups excluding carboxylic acids is 1. The van der Waals surface area contributed by atoms with Gasteiger partial charge in [0.05, 0.1) is 5.75 Å². The van der Waals surface area contributed by atoms with E-state index in [1.807, 2.05) is 11.8 Å². The Bertz CT molecular complexity index is 695. The van der Waals surface area contributed by atoms with Gasteiger partial charge in [0.1, 0.15) is 5.01 Å². The molecule has 0 atom stereocenters. The number of carbonyl (C=O) groups is 1. The molecule has 1 aliphatic rings. The molecule has 0 N–H and O–H groups in total. The van der Waals surface area contributed by atoms with Gasteiger partial charge in [-0.3, -0.25) is 9.69 Å². The monoisotopic (exact) mass is 362 g/mol. The summed E-state index contributed by atoms with van der Waals surface area (Å²) in [7, 11) is 0. The van der Waals surface area contributed by atoms with Crippen molar-refractivity contribution in [1.29, 1.82) is 0 Å². The van der Waals surface area contributed by atoms with E-state index in [1.165, 1.54) is 22.9 Å². The van der Waals surface area contributed by atoms with Gasteiger partial charge in [-0.05, 0) is 25.0 Å². The number of hydrogen-bond donors (Lipinski definition) is 0. The van der Waals surface area contributed by atoms with Crippen LogP contribution in [0.15, 0.2) is 28.6 Å². The number of hydrogen-bond acceptors (Lipinski definition) is 6. The van der Waals surface area contributed by atoms with Crippen LogP contribution in [0.1, 0.15) is 16.1 Å². The smallest absolute Gasteiger partial charge is 0.233 e. The van der Waals surface area contributed by atoms with Crippen LogP contribution in [0.5, 0.6) is 0 Å². The second-order valence-corrected chi connectivity index (χ2v) is 8.36. The summed E-state index contributed by atoms with van der Waals surface area (Å²) in [6, 6.07) is 8.51. The summed E-state index contributed by atoms with van der Waals surface area (Å²) < 4.78 is 0.874. The number of amides is 1. The molecule has 0 aliphatic carbocycles. The summed E-state index contributed by atoms with van der Waals surface area (Å²) >= 11 is 3.03. The molecule has 0 unspecified atom stereocenters. The number of piperazine rings is 1. The van der Waals surface area contributed by atoms with Crippen LogP contribution < -0.4 is 0 Å². The van der Waals surface area contributed by atoms with E-state index in [4.69, 9.17) is 0 Å². The molecule has 2 aromatic rings. The van der Waals surface area contributed by atoms with E-state index < -0.39 is 0 Å². The van der Waals surface area contributed by atoms with E-state index in [9.17, 15) is 4.79 Å². The van der Waals surface area contributed by atoms with Crippen LogP contribution in [0.3, 0.4) is 0 Å². The number of aryl methyl sites for hydroxylation is 2. The predicted octanol–water partition coefficient (Wildman–Crippen LogP) is 2.59. The van der Waals surface area contributed by atoms with Crippen LogP contribution in [-0.2, 0) is 11.3 Å². The fraction of sp³-hybridized carbons (Fsp3) is 0.471. The van der Waals surface area contributed by atoms with Gasteiger partial charge >= 0.3 is 0 Å². The third-order valence-corrected chi connectivity index (χ3v) is 6.16. The van der Waals surface area contributed by atoms with Crippen LogP contribution in [0.2, 0.25) is 0 Å². The van der Waals surface area contributed by atoms with E-state index in [-0.39, 0.29) is 5.91 Å². The highest BCUT2D eigenvalue weighted by molar-refractivity contribution is 8.01. The van der Waals surface area contributed by atoms with Gasteiger partial charge in [-0.1, -0.05) is 47.4 Å². The highest BCUT2D eigenvalue weighted by Gasteiger charge is 2.21. The second kappa shape index (κ2) is 8.09. The average molecular weight is 363 g/mol. The van der Waals surface area contributed by atoms with Crippen LogP contribution in [0.4, 0.5) is 0 Å². The lowest BCUT2D eigenvalue weighted by Crippen LogP contribution is -2.48. The summed E-state index contributed by atoms with van der Waals surface area (Å²) in [4.78, 5) is 16.7. The zero-order valence-electron chi connectivity index (χ0n) is 14.1. The Kier molecular flexibility index (Phi) is 5.86. The Morgan fingerprint density at radius 3 is 2.58 bits per heavy atom. The fourth-order valence-corrected chi connectivity index (χ4v) is 4.45. The first-order chi connectivity index (χ1) is 11.6. The Labute approximate surface area is 151 Å². The minimum atomic E-state index is 0.198. The molecule has 0 bridgehead atoms. The van der Waals surface area contributed by atoms with Crippen LogP contribution >= 0.6 is 23.1 Å². The first-order valence-electron chi connectivity index (χ1n) is 8.09. The van der Waals surface area contributed by atoms with Gasteiger partial charge in [0, 0.05) is 32.7 Å². The average Bonchev–Trinajstić information content (AvgIpc) is 3.01. The van der Waals surface area contributed by atoms with Gasteiger partial charge in [-0.15, -0.1) is 10.2 Å². The predicted molar refractivity (Wildman–Crippen MR) is 98.4 cm³/mol. The molecular weight excluding hydrogens is 340 g/mol. The van der Waals surface area contributed by atoms with Gasteiger partial charge in [0.15, 0.2) is 4.34 Å². The van der Waals surface area contributed by atoms with Crippen molar-refractivity contribution >= 4 is 29.0 Å². The van der Waals surface area contributed by atoms with Gasteiger partial charge in [0.25, 0.3) is 0 Å². The largest absolute Gasteiger partial charge is 0.339 e. The van der Waals surface area contributed by atoms with Crippen molar-refractivity contribution in [2.75, 3.05) is 31.9 Å². The number of rotatable bonds is 5. The summed E-state index contributed by atoms with van der Waals surface area (Å²) in [5.74, 6) is 0.648. The highest BCUT2D eigenvalue weighted by Crippen LogP contribution is 2.22. The van der Waals surface area contributed by atoms with Crippen molar-refractivity contribution in [3.8, 4) is 0 Å². The lowest BCUT2D eigenvalue weighted by Gasteiger charge is -2.35. The van der Waals surface area contributed by atoms with E-state index >= 15 is 0 Å². The molecule has 3 rings (SSSR count). The van der Waals surface area contributed by atoms with Crippen molar-refractivity contribution in [3.05, 3.63) is 40.4 Å². The molecule has 1 amide bonds. The third-order valence-electron chi connectivity index (χ3n) is 4.21. The molecule has 1 aliphatic heterocycles. The molecule has 1 aromatic carbocycles. The van der Waals surface area contributed by atoms with Crippen LogP contribution in [-0.4, -0.2) is 57.8 Å². The minimum Gasteiger partial charge on any atom is -0.339 e. The lowest BCUT2D eigenvalue weighted by atomic mass is 10.1. The van der Waals surface area contributed by atoms with Crippen LogP contribution in [0, 0.1) is 13.8 Å². The van der Waals surface area contributed by atoms with E-state index in [2.05, 4.69) is 46.3 Å². The van der Waals surface area contributed by atoms with Crippen molar-refractivity contribution in [2.24, 2.45) is 0 Å². The maximum atomic E-state index is 12.3. The molecule has 0 saturated carbocycles. The van der Waals surface area contributed by atoms with E-state index in [1.54, 1.807) is 11.3 Å². The lowest BCUT2D eigenvalue weighted by molar-refractivity contribution is -0.130. The molecule has 24 heavy (non-hydrogen) atoms. The quantitative estimate of drug-likeness (QED) is 0.765. The summed E-state index contributed by atoms with van der Waals surface area (Å²) in [5.41, 5.74) is 2.71. The molecule has 1 aromatic heterocycles. The Balaban J connectivity index is 1.44. The second-order valence-electron chi connectivity index (χ2n) is 5.96. The SMILES string of the molecule is Cc1nnc(SCC(=O)N2CCN(Cc3ccccc3C)CC2)s1. The standard InChI is InChI=1S/C17H22N4OS2/c1-13-5-3-4-6-15(13)11-20-7-9-21(10-8-20)16(22)12-23-17-19-18-14(2)24-17/h3-6H,7-12H2,1-2H3. The van der Waals surface area contributed by atoms with Crippen molar-refractivity contribution in [1.82, 2.24) is 20.0 Å². The van der Waals surface area contributed by atoms with E-state index in [0.717, 1.165) is 42.1 Å². The number of thioether (sulfide) groups is 1. The molecule has 7 heteroatoms. The van der Waals surface area contributed by atoms with Crippen molar-refractivity contribution in [3.63, 3.8) is 0 Å². The Morgan fingerprint density at radius 2 is 1.92 bits per heavy atom. The molecular formula is C17H22N4OS2. The molecule has 2 heterocycles. The Hall–Kier alpha value is -1.44. The molecule has 5 nitrogen and oxygen atoms in total. The molecule has 0 radical (unpaired) electrons. The zero-order valence-corrected chi connectivity index (χ0v) is 15.7. The van der Waals surface area contributed by atoms with Gasteiger partial charge in [-0.2, -0.15) is 0 Å². The number of nitrogens with zero attached hydrogens (tertiary/aromatic N) is 4. The fourth-order valence-electron chi connectivity index (χ4n) is 2.74. The summed E-state index contributed by atoms with van der Waals surface area (Å²) in [6.07, 6.45) is 0.